The van der Waals surface area contributed by atoms with Crippen LogP contribution in [0.4, 0.5) is 8.78 Å². The third-order valence-corrected chi connectivity index (χ3v) is 5.61. The lowest BCUT2D eigenvalue weighted by Gasteiger charge is -2.06. The van der Waals surface area contributed by atoms with Crippen LogP contribution in [0.3, 0.4) is 0 Å². The minimum atomic E-state index is -0.510. The van der Waals surface area contributed by atoms with Crippen LogP contribution in [0, 0.1) is 18.6 Å². The highest BCUT2D eigenvalue weighted by Crippen LogP contribution is 2.34. The monoisotopic (exact) mass is 439 g/mol. The normalized spacial score (nSPS) is 11.5. The molecule has 0 aliphatic rings. The van der Waals surface area contributed by atoms with E-state index in [0.29, 0.717) is 33.6 Å². The zero-order valence-corrected chi connectivity index (χ0v) is 17.3. The average Bonchev–Trinajstić information content (AvgIpc) is 3.45. The Morgan fingerprint density at radius 1 is 0.818 bits per heavy atom. The number of fused-ring (bicyclic) bond motifs is 2. The Morgan fingerprint density at radius 3 is 2.45 bits per heavy atom. The van der Waals surface area contributed by atoms with Crippen molar-refractivity contribution < 1.29 is 8.78 Å². The summed E-state index contributed by atoms with van der Waals surface area (Å²) in [5.41, 5.74) is 5.21. The maximum absolute atomic E-state index is 15.7. The van der Waals surface area contributed by atoms with Crippen molar-refractivity contribution in [1.29, 1.82) is 0 Å². The summed E-state index contributed by atoms with van der Waals surface area (Å²) in [7, 11) is 0. The number of H-pyrrole nitrogens is 2. The fraction of sp³-hybridized carbons (Fsp3) is 0.0417. The molecule has 0 saturated heterocycles. The molecule has 5 heterocycles. The highest BCUT2D eigenvalue weighted by molar-refractivity contribution is 5.97. The molecular formula is C24H15F2N7. The summed E-state index contributed by atoms with van der Waals surface area (Å²) in [5.74, 6) is -0.454. The summed E-state index contributed by atoms with van der Waals surface area (Å²) in [6, 6.07) is 7.90. The van der Waals surface area contributed by atoms with Gasteiger partial charge in [-0.1, -0.05) is 12.1 Å². The lowest BCUT2D eigenvalue weighted by atomic mass is 10.1. The van der Waals surface area contributed by atoms with Crippen molar-refractivity contribution in [3.63, 3.8) is 0 Å². The molecule has 0 aliphatic carbocycles. The second-order valence-electron chi connectivity index (χ2n) is 7.65. The summed E-state index contributed by atoms with van der Waals surface area (Å²) in [5, 5.41) is 7.42. The Morgan fingerprint density at radius 2 is 1.64 bits per heavy atom. The Bertz CT molecular complexity index is 1650. The highest BCUT2D eigenvalue weighted by atomic mass is 19.1. The van der Waals surface area contributed by atoms with Gasteiger partial charge in [0.2, 0.25) is 0 Å². The number of aryl methyl sites for hydroxylation is 1. The topological polar surface area (TPSA) is 96.0 Å². The number of halogens is 2. The number of imidazole rings is 1. The highest BCUT2D eigenvalue weighted by Gasteiger charge is 2.21. The van der Waals surface area contributed by atoms with Crippen molar-refractivity contribution >= 4 is 21.9 Å². The molecule has 9 heteroatoms. The maximum atomic E-state index is 15.7. The molecule has 6 aromatic rings. The van der Waals surface area contributed by atoms with E-state index >= 15 is 4.39 Å². The van der Waals surface area contributed by atoms with E-state index in [1.807, 2.05) is 6.92 Å². The molecule has 0 unspecified atom stereocenters. The third kappa shape index (κ3) is 3.05. The van der Waals surface area contributed by atoms with Gasteiger partial charge in [-0.15, -0.1) is 0 Å². The molecule has 6 rings (SSSR count). The van der Waals surface area contributed by atoms with Gasteiger partial charge in [-0.25, -0.2) is 13.8 Å². The molecule has 0 radical (unpaired) electrons. The second kappa shape index (κ2) is 7.27. The van der Waals surface area contributed by atoms with E-state index in [1.54, 1.807) is 49.2 Å². The van der Waals surface area contributed by atoms with Gasteiger partial charge in [-0.2, -0.15) is 5.10 Å². The quantitative estimate of drug-likeness (QED) is 0.395. The first-order valence-electron chi connectivity index (χ1n) is 10.1. The van der Waals surface area contributed by atoms with Crippen LogP contribution in [-0.2, 0) is 0 Å². The Labute approximate surface area is 185 Å². The molecule has 5 aromatic heterocycles. The van der Waals surface area contributed by atoms with Crippen LogP contribution in [0.1, 0.15) is 5.56 Å². The van der Waals surface area contributed by atoms with Gasteiger partial charge < -0.3 is 4.98 Å². The van der Waals surface area contributed by atoms with Crippen molar-refractivity contribution in [2.24, 2.45) is 0 Å². The van der Waals surface area contributed by atoms with Gasteiger partial charge in [0.25, 0.3) is 0 Å². The minimum Gasteiger partial charge on any atom is -0.335 e. The van der Waals surface area contributed by atoms with Crippen LogP contribution < -0.4 is 0 Å². The Hall–Kier alpha value is -4.53. The molecule has 2 N–H and O–H groups in total. The molecule has 160 valence electrons. The molecule has 33 heavy (non-hydrogen) atoms. The standard InChI is InChI=1S/C24H15F2N7/c1-12-6-7-27-8-15(12)22-20(26)19-17(11-29-22)32-33-23(19)24-30-18-10-28-9-16(21(18)31-24)13-2-4-14(25)5-3-13/h2-11H,1H3,(H,30,31)(H,32,33). The molecule has 0 bridgehead atoms. The van der Waals surface area contributed by atoms with Crippen molar-refractivity contribution in [2.45, 2.75) is 6.92 Å². The van der Waals surface area contributed by atoms with Crippen molar-refractivity contribution in [1.82, 2.24) is 35.1 Å². The van der Waals surface area contributed by atoms with Gasteiger partial charge >= 0.3 is 0 Å². The number of rotatable bonds is 3. The van der Waals surface area contributed by atoms with Crippen LogP contribution in [0.5, 0.6) is 0 Å². The molecule has 0 amide bonds. The van der Waals surface area contributed by atoms with E-state index in [4.69, 9.17) is 4.98 Å². The van der Waals surface area contributed by atoms with E-state index in [-0.39, 0.29) is 16.9 Å². The number of hydrogen-bond acceptors (Lipinski definition) is 5. The SMILES string of the molecule is Cc1ccncc1-c1ncc2[nH]nc(-c3nc4c(-c5ccc(F)cc5)cncc4[nH]3)c2c1F. The number of hydrogen-bond donors (Lipinski definition) is 2. The van der Waals surface area contributed by atoms with Crippen LogP contribution in [0.15, 0.2) is 61.3 Å². The summed E-state index contributed by atoms with van der Waals surface area (Å²) >= 11 is 0. The fourth-order valence-corrected chi connectivity index (χ4v) is 3.93. The number of pyridine rings is 3. The molecule has 0 spiro atoms. The minimum absolute atomic E-state index is 0.195. The van der Waals surface area contributed by atoms with Gasteiger partial charge in [0.05, 0.1) is 34.3 Å². The summed E-state index contributed by atoms with van der Waals surface area (Å²) in [6.45, 7) is 1.88. The number of aromatic nitrogens is 7. The van der Waals surface area contributed by atoms with E-state index in [2.05, 4.69) is 30.1 Å². The fourth-order valence-electron chi connectivity index (χ4n) is 3.93. The van der Waals surface area contributed by atoms with E-state index in [9.17, 15) is 4.39 Å². The maximum Gasteiger partial charge on any atom is 0.161 e. The smallest absolute Gasteiger partial charge is 0.161 e. The zero-order valence-electron chi connectivity index (χ0n) is 17.3. The lowest BCUT2D eigenvalue weighted by Crippen LogP contribution is -1.94. The molecular weight excluding hydrogens is 424 g/mol. The lowest BCUT2D eigenvalue weighted by molar-refractivity contribution is 0.628. The molecule has 1 aromatic carbocycles. The Kier molecular flexibility index (Phi) is 4.22. The van der Waals surface area contributed by atoms with Gasteiger partial charge in [-0.3, -0.25) is 20.1 Å². The largest absolute Gasteiger partial charge is 0.335 e. The molecule has 0 fully saturated rings. The predicted octanol–water partition coefficient (Wildman–Crippen LogP) is 5.21. The van der Waals surface area contributed by atoms with Gasteiger partial charge in [0, 0.05) is 29.7 Å². The van der Waals surface area contributed by atoms with E-state index < -0.39 is 5.82 Å². The van der Waals surface area contributed by atoms with Crippen LogP contribution in [0.2, 0.25) is 0 Å². The molecule has 0 atom stereocenters. The van der Waals surface area contributed by atoms with Gasteiger partial charge in [0.15, 0.2) is 11.6 Å². The first-order valence-corrected chi connectivity index (χ1v) is 10.1. The molecule has 0 saturated carbocycles. The number of nitrogens with zero attached hydrogens (tertiary/aromatic N) is 5. The van der Waals surface area contributed by atoms with Crippen molar-refractivity contribution in [3.05, 3.63) is 78.5 Å². The van der Waals surface area contributed by atoms with Gasteiger partial charge in [-0.05, 0) is 36.2 Å². The van der Waals surface area contributed by atoms with Crippen molar-refractivity contribution in [2.75, 3.05) is 0 Å². The Balaban J connectivity index is 1.55. The zero-order chi connectivity index (χ0) is 22.5. The van der Waals surface area contributed by atoms with Crippen LogP contribution in [-0.4, -0.2) is 35.1 Å². The van der Waals surface area contributed by atoms with Gasteiger partial charge in [0.1, 0.15) is 17.2 Å². The average molecular weight is 439 g/mol. The van der Waals surface area contributed by atoms with Crippen LogP contribution in [0.25, 0.3) is 55.8 Å². The van der Waals surface area contributed by atoms with E-state index in [1.165, 1.54) is 12.1 Å². The summed E-state index contributed by atoms with van der Waals surface area (Å²) in [4.78, 5) is 20.5. The number of aromatic amines is 2. The predicted molar refractivity (Wildman–Crippen MR) is 120 cm³/mol. The van der Waals surface area contributed by atoms with Crippen LogP contribution >= 0.6 is 0 Å². The molecule has 0 aliphatic heterocycles. The van der Waals surface area contributed by atoms with Crippen molar-refractivity contribution in [3.8, 4) is 33.9 Å². The number of benzene rings is 1. The first kappa shape index (κ1) is 19.2. The molecule has 7 nitrogen and oxygen atoms in total. The summed E-state index contributed by atoms with van der Waals surface area (Å²) in [6.07, 6.45) is 8.09. The second-order valence-corrected chi connectivity index (χ2v) is 7.65. The summed E-state index contributed by atoms with van der Waals surface area (Å²) < 4.78 is 29.1. The third-order valence-electron chi connectivity index (χ3n) is 5.61. The van der Waals surface area contributed by atoms with E-state index in [0.717, 1.165) is 16.7 Å². The number of nitrogens with one attached hydrogen (secondary N) is 2. The first-order chi connectivity index (χ1) is 16.1.